The fourth-order valence-electron chi connectivity index (χ4n) is 2.11. The van der Waals surface area contributed by atoms with Crippen LogP contribution in [0.2, 0.25) is 0 Å². The molecule has 126 valence electrons. The van der Waals surface area contributed by atoms with E-state index in [0.29, 0.717) is 12.4 Å². The SMILES string of the molecule is CN=C(NCc1nc(C)c(C)o1)N(C)Cc1ccccc1Br.I. The molecule has 0 aliphatic rings. The van der Waals surface area contributed by atoms with Gasteiger partial charge in [0.15, 0.2) is 5.96 Å². The van der Waals surface area contributed by atoms with Gasteiger partial charge in [-0.15, -0.1) is 24.0 Å². The minimum absolute atomic E-state index is 0. The molecule has 0 fully saturated rings. The standard InChI is InChI=1S/C16H21BrN4O.HI/c1-11-12(2)22-15(20-11)9-19-16(18-3)21(4)10-13-7-5-6-8-14(13)17;/h5-8H,9-10H2,1-4H3,(H,18,19);1H. The van der Waals surface area contributed by atoms with Crippen LogP contribution >= 0.6 is 39.9 Å². The fourth-order valence-corrected chi connectivity index (χ4v) is 2.52. The van der Waals surface area contributed by atoms with Gasteiger partial charge in [0.05, 0.1) is 12.2 Å². The number of aliphatic imine (C=N–C) groups is 1. The largest absolute Gasteiger partial charge is 0.444 e. The van der Waals surface area contributed by atoms with E-state index in [2.05, 4.69) is 42.2 Å². The Kier molecular flexibility index (Phi) is 8.04. The van der Waals surface area contributed by atoms with E-state index >= 15 is 0 Å². The Hall–Kier alpha value is -1.09. The van der Waals surface area contributed by atoms with Gasteiger partial charge in [0.25, 0.3) is 0 Å². The van der Waals surface area contributed by atoms with Crippen molar-refractivity contribution in [3.63, 3.8) is 0 Å². The van der Waals surface area contributed by atoms with Gasteiger partial charge in [-0.3, -0.25) is 4.99 Å². The smallest absolute Gasteiger partial charge is 0.214 e. The maximum absolute atomic E-state index is 5.57. The minimum atomic E-state index is 0. The molecule has 23 heavy (non-hydrogen) atoms. The van der Waals surface area contributed by atoms with E-state index in [1.165, 1.54) is 5.56 Å². The summed E-state index contributed by atoms with van der Waals surface area (Å²) >= 11 is 3.57. The molecule has 0 amide bonds. The first kappa shape index (κ1) is 20.0. The van der Waals surface area contributed by atoms with Crippen molar-refractivity contribution in [2.75, 3.05) is 14.1 Å². The van der Waals surface area contributed by atoms with Crippen LogP contribution < -0.4 is 5.32 Å². The molecule has 0 aliphatic carbocycles. The molecule has 0 saturated heterocycles. The maximum Gasteiger partial charge on any atom is 0.214 e. The average molecular weight is 493 g/mol. The van der Waals surface area contributed by atoms with Crippen molar-refractivity contribution in [2.45, 2.75) is 26.9 Å². The van der Waals surface area contributed by atoms with Crippen molar-refractivity contribution in [1.82, 2.24) is 15.2 Å². The van der Waals surface area contributed by atoms with Gasteiger partial charge < -0.3 is 14.6 Å². The highest BCUT2D eigenvalue weighted by atomic mass is 127. The summed E-state index contributed by atoms with van der Waals surface area (Å²) < 4.78 is 6.67. The number of rotatable bonds is 4. The molecule has 0 bridgehead atoms. The van der Waals surface area contributed by atoms with Crippen molar-refractivity contribution in [2.24, 2.45) is 4.99 Å². The van der Waals surface area contributed by atoms with Crippen molar-refractivity contribution < 1.29 is 4.42 Å². The van der Waals surface area contributed by atoms with E-state index in [1.807, 2.05) is 39.1 Å². The van der Waals surface area contributed by atoms with E-state index in [9.17, 15) is 0 Å². The van der Waals surface area contributed by atoms with Crippen LogP contribution in [0.15, 0.2) is 38.1 Å². The lowest BCUT2D eigenvalue weighted by Gasteiger charge is -2.22. The highest BCUT2D eigenvalue weighted by Gasteiger charge is 2.10. The molecule has 0 atom stereocenters. The summed E-state index contributed by atoms with van der Waals surface area (Å²) in [5.74, 6) is 2.32. The monoisotopic (exact) mass is 492 g/mol. The zero-order chi connectivity index (χ0) is 16.1. The Bertz CT molecular complexity index is 652. The average Bonchev–Trinajstić information content (AvgIpc) is 2.81. The van der Waals surface area contributed by atoms with Gasteiger partial charge in [-0.2, -0.15) is 0 Å². The van der Waals surface area contributed by atoms with Crippen molar-refractivity contribution in [1.29, 1.82) is 0 Å². The molecule has 0 saturated carbocycles. The summed E-state index contributed by atoms with van der Waals surface area (Å²) in [6.45, 7) is 5.13. The molecule has 0 unspecified atom stereocenters. The topological polar surface area (TPSA) is 53.7 Å². The third kappa shape index (κ3) is 5.49. The maximum atomic E-state index is 5.57. The van der Waals surface area contributed by atoms with E-state index in [0.717, 1.165) is 28.4 Å². The second-order valence-electron chi connectivity index (χ2n) is 5.10. The van der Waals surface area contributed by atoms with Crippen LogP contribution in [0.4, 0.5) is 0 Å². The number of hydrogen-bond acceptors (Lipinski definition) is 3. The number of nitrogens with one attached hydrogen (secondary N) is 1. The minimum Gasteiger partial charge on any atom is -0.444 e. The first-order valence-corrected chi connectivity index (χ1v) is 7.88. The quantitative estimate of drug-likeness (QED) is 0.400. The summed E-state index contributed by atoms with van der Waals surface area (Å²) in [6, 6.07) is 8.17. The van der Waals surface area contributed by atoms with Crippen LogP contribution in [0.25, 0.3) is 0 Å². The van der Waals surface area contributed by atoms with Crippen molar-refractivity contribution in [3.05, 3.63) is 51.6 Å². The second-order valence-corrected chi connectivity index (χ2v) is 5.95. The highest BCUT2D eigenvalue weighted by Crippen LogP contribution is 2.17. The number of hydrogen-bond donors (Lipinski definition) is 1. The van der Waals surface area contributed by atoms with Crippen molar-refractivity contribution >= 4 is 45.9 Å². The zero-order valence-corrected chi connectivity index (χ0v) is 17.7. The van der Waals surface area contributed by atoms with Gasteiger partial charge in [0.1, 0.15) is 5.76 Å². The molecule has 2 rings (SSSR count). The molecule has 1 heterocycles. The molecular formula is C16H22BrIN4O. The first-order valence-electron chi connectivity index (χ1n) is 7.09. The van der Waals surface area contributed by atoms with E-state index < -0.39 is 0 Å². The summed E-state index contributed by atoms with van der Waals surface area (Å²) in [5.41, 5.74) is 2.13. The molecule has 0 radical (unpaired) electrons. The molecule has 0 aliphatic heterocycles. The van der Waals surface area contributed by atoms with E-state index in [-0.39, 0.29) is 24.0 Å². The first-order chi connectivity index (χ1) is 10.5. The lowest BCUT2D eigenvalue weighted by atomic mass is 10.2. The van der Waals surface area contributed by atoms with Gasteiger partial charge in [0.2, 0.25) is 5.89 Å². The van der Waals surface area contributed by atoms with Gasteiger partial charge in [-0.1, -0.05) is 34.1 Å². The Morgan fingerprint density at radius 2 is 2.04 bits per heavy atom. The number of nitrogens with zero attached hydrogens (tertiary/aromatic N) is 3. The normalized spacial score (nSPS) is 11.1. The van der Waals surface area contributed by atoms with Gasteiger partial charge in [0, 0.05) is 25.1 Å². The van der Waals surface area contributed by atoms with Crippen LogP contribution in [0.5, 0.6) is 0 Å². The van der Waals surface area contributed by atoms with Crippen LogP contribution in [0.1, 0.15) is 22.9 Å². The van der Waals surface area contributed by atoms with E-state index in [4.69, 9.17) is 4.42 Å². The molecule has 1 N–H and O–H groups in total. The van der Waals surface area contributed by atoms with Gasteiger partial charge in [-0.25, -0.2) is 4.98 Å². The van der Waals surface area contributed by atoms with Crippen LogP contribution in [0.3, 0.4) is 0 Å². The predicted octanol–water partition coefficient (Wildman–Crippen LogP) is 3.88. The highest BCUT2D eigenvalue weighted by molar-refractivity contribution is 14.0. The molecule has 0 spiro atoms. The lowest BCUT2D eigenvalue weighted by molar-refractivity contribution is 0.442. The van der Waals surface area contributed by atoms with E-state index in [1.54, 1.807) is 7.05 Å². The Morgan fingerprint density at radius 1 is 1.35 bits per heavy atom. The third-order valence-corrected chi connectivity index (χ3v) is 4.18. The summed E-state index contributed by atoms with van der Waals surface area (Å²) in [4.78, 5) is 10.7. The van der Waals surface area contributed by atoms with Crippen LogP contribution in [-0.2, 0) is 13.1 Å². The second kappa shape index (κ2) is 9.27. The molecule has 1 aromatic heterocycles. The number of oxazole rings is 1. The summed E-state index contributed by atoms with van der Waals surface area (Å²) in [7, 11) is 3.77. The fraction of sp³-hybridized carbons (Fsp3) is 0.375. The Labute approximate surface area is 162 Å². The molecular weight excluding hydrogens is 471 g/mol. The predicted molar refractivity (Wildman–Crippen MR) is 107 cm³/mol. The Balaban J connectivity index is 0.00000264. The third-order valence-electron chi connectivity index (χ3n) is 3.41. The van der Waals surface area contributed by atoms with Gasteiger partial charge >= 0.3 is 0 Å². The number of benzene rings is 1. The molecule has 2 aromatic rings. The zero-order valence-electron chi connectivity index (χ0n) is 13.8. The molecule has 7 heteroatoms. The number of aromatic nitrogens is 1. The van der Waals surface area contributed by atoms with Crippen LogP contribution in [0, 0.1) is 13.8 Å². The molecule has 1 aromatic carbocycles. The molecule has 5 nitrogen and oxygen atoms in total. The summed E-state index contributed by atoms with van der Waals surface area (Å²) in [5, 5.41) is 3.27. The van der Waals surface area contributed by atoms with Crippen LogP contribution in [-0.4, -0.2) is 29.9 Å². The number of aryl methyl sites for hydroxylation is 2. The lowest BCUT2D eigenvalue weighted by Crippen LogP contribution is -2.38. The van der Waals surface area contributed by atoms with Gasteiger partial charge in [-0.05, 0) is 25.5 Å². The number of halogens is 2. The Morgan fingerprint density at radius 3 is 2.61 bits per heavy atom. The number of guanidine groups is 1. The van der Waals surface area contributed by atoms with Crippen molar-refractivity contribution in [3.8, 4) is 0 Å². The summed E-state index contributed by atoms with van der Waals surface area (Å²) in [6.07, 6.45) is 0.